The van der Waals surface area contributed by atoms with E-state index in [9.17, 15) is 4.79 Å². The Bertz CT molecular complexity index is 423. The van der Waals surface area contributed by atoms with E-state index in [4.69, 9.17) is 23.2 Å². The average Bonchev–Trinajstić information content (AvgIpc) is 2.67. The lowest BCUT2D eigenvalue weighted by molar-refractivity contribution is 0.228. The number of halogens is 2. The van der Waals surface area contributed by atoms with Gasteiger partial charge in [-0.05, 0) is 34.2 Å². The van der Waals surface area contributed by atoms with E-state index in [1.807, 2.05) is 12.1 Å². The molecule has 1 aliphatic heterocycles. The standard InChI is InChI=1S/C8H6Cl2N4O/c9-6-3-1-2-4-7(6)13-5-14(8(10)15)12-11-13/h1-4H,5H2. The summed E-state index contributed by atoms with van der Waals surface area (Å²) in [5, 5.41) is 9.73. The first-order valence-corrected chi connectivity index (χ1v) is 4.85. The lowest BCUT2D eigenvalue weighted by Crippen LogP contribution is -2.26. The number of carbonyl (C=O) groups excluding carboxylic acids is 1. The summed E-state index contributed by atoms with van der Waals surface area (Å²) in [6.45, 7) is 0.173. The van der Waals surface area contributed by atoms with Crippen LogP contribution in [-0.2, 0) is 0 Å². The summed E-state index contributed by atoms with van der Waals surface area (Å²) < 4.78 is 0. The molecule has 0 radical (unpaired) electrons. The molecular formula is C8H6Cl2N4O. The number of hydrogen-bond donors (Lipinski definition) is 0. The van der Waals surface area contributed by atoms with E-state index in [-0.39, 0.29) is 6.67 Å². The van der Waals surface area contributed by atoms with Gasteiger partial charge in [-0.2, -0.15) is 5.01 Å². The Labute approximate surface area is 95.8 Å². The zero-order valence-electron chi connectivity index (χ0n) is 7.47. The highest BCUT2D eigenvalue weighted by Gasteiger charge is 2.22. The monoisotopic (exact) mass is 244 g/mol. The van der Waals surface area contributed by atoms with Crippen molar-refractivity contribution in [1.82, 2.24) is 5.01 Å². The van der Waals surface area contributed by atoms with Crippen LogP contribution in [0.1, 0.15) is 0 Å². The fourth-order valence-corrected chi connectivity index (χ4v) is 1.48. The molecule has 1 aromatic rings. The second kappa shape index (κ2) is 4.04. The Morgan fingerprint density at radius 3 is 2.67 bits per heavy atom. The molecule has 7 heteroatoms. The number of rotatable bonds is 1. The normalized spacial score (nSPS) is 14.8. The fraction of sp³-hybridized carbons (Fsp3) is 0.125. The predicted octanol–water partition coefficient (Wildman–Crippen LogP) is 3.06. The molecule has 0 atom stereocenters. The lowest BCUT2D eigenvalue weighted by atomic mass is 10.3. The quantitative estimate of drug-likeness (QED) is 0.563. The van der Waals surface area contributed by atoms with Crippen molar-refractivity contribution < 1.29 is 4.79 Å². The maximum atomic E-state index is 10.8. The van der Waals surface area contributed by atoms with Gasteiger partial charge in [-0.1, -0.05) is 23.7 Å². The third kappa shape index (κ3) is 2.03. The van der Waals surface area contributed by atoms with Crippen LogP contribution in [0.4, 0.5) is 10.5 Å². The molecule has 0 aromatic heterocycles. The van der Waals surface area contributed by atoms with Crippen molar-refractivity contribution in [2.75, 3.05) is 11.7 Å². The fourth-order valence-electron chi connectivity index (χ4n) is 1.16. The van der Waals surface area contributed by atoms with E-state index in [0.717, 1.165) is 5.01 Å². The Balaban J connectivity index is 2.19. The molecule has 0 saturated heterocycles. The molecule has 0 saturated carbocycles. The van der Waals surface area contributed by atoms with Crippen LogP contribution < -0.4 is 5.01 Å². The molecule has 15 heavy (non-hydrogen) atoms. The topological polar surface area (TPSA) is 48.3 Å². The first-order chi connectivity index (χ1) is 7.18. The molecule has 5 nitrogen and oxygen atoms in total. The van der Waals surface area contributed by atoms with Gasteiger partial charge in [-0.25, -0.2) is 5.01 Å². The lowest BCUT2D eigenvalue weighted by Gasteiger charge is -2.14. The van der Waals surface area contributed by atoms with Crippen molar-refractivity contribution in [2.24, 2.45) is 10.4 Å². The molecule has 0 fully saturated rings. The third-order valence-electron chi connectivity index (χ3n) is 1.86. The zero-order chi connectivity index (χ0) is 10.8. The van der Waals surface area contributed by atoms with Crippen molar-refractivity contribution in [2.45, 2.75) is 0 Å². The van der Waals surface area contributed by atoms with Crippen LogP contribution in [0.5, 0.6) is 0 Å². The van der Waals surface area contributed by atoms with Gasteiger partial charge >= 0.3 is 5.37 Å². The molecule has 0 unspecified atom stereocenters. The highest BCUT2D eigenvalue weighted by Crippen LogP contribution is 2.28. The Morgan fingerprint density at radius 2 is 2.07 bits per heavy atom. The summed E-state index contributed by atoms with van der Waals surface area (Å²) in [5.74, 6) is 0. The van der Waals surface area contributed by atoms with E-state index in [1.54, 1.807) is 12.1 Å². The van der Waals surface area contributed by atoms with E-state index in [0.29, 0.717) is 10.7 Å². The molecule has 78 valence electrons. The van der Waals surface area contributed by atoms with Crippen LogP contribution in [0.2, 0.25) is 5.02 Å². The summed E-state index contributed by atoms with van der Waals surface area (Å²) in [5.41, 5.74) is 0.684. The van der Waals surface area contributed by atoms with Crippen LogP contribution in [0.3, 0.4) is 0 Å². The number of nitrogens with zero attached hydrogens (tertiary/aromatic N) is 4. The number of anilines is 1. The molecule has 1 amide bonds. The zero-order valence-corrected chi connectivity index (χ0v) is 8.98. The third-order valence-corrected chi connectivity index (χ3v) is 2.37. The largest absolute Gasteiger partial charge is 0.339 e. The smallest absolute Gasteiger partial charge is 0.253 e. The first-order valence-electron chi connectivity index (χ1n) is 4.09. The van der Waals surface area contributed by atoms with Crippen molar-refractivity contribution >= 4 is 34.3 Å². The SMILES string of the molecule is O=C(Cl)N1CN(c2ccccc2Cl)N=N1. The summed E-state index contributed by atoms with van der Waals surface area (Å²) >= 11 is 11.2. The van der Waals surface area contributed by atoms with Gasteiger partial charge in [-0.15, -0.1) is 0 Å². The predicted molar refractivity (Wildman–Crippen MR) is 56.7 cm³/mol. The summed E-state index contributed by atoms with van der Waals surface area (Å²) in [4.78, 5) is 10.8. The van der Waals surface area contributed by atoms with Crippen molar-refractivity contribution in [3.63, 3.8) is 0 Å². The van der Waals surface area contributed by atoms with Gasteiger partial charge in [0.2, 0.25) is 0 Å². The molecule has 1 heterocycles. The summed E-state index contributed by atoms with van der Waals surface area (Å²) in [6, 6.07) is 7.15. The summed E-state index contributed by atoms with van der Waals surface area (Å²) in [7, 11) is 0. The van der Waals surface area contributed by atoms with Crippen LogP contribution in [-0.4, -0.2) is 17.0 Å². The van der Waals surface area contributed by atoms with Crippen LogP contribution in [0.25, 0.3) is 0 Å². The molecule has 1 aliphatic rings. The van der Waals surface area contributed by atoms with Crippen molar-refractivity contribution in [1.29, 1.82) is 0 Å². The average molecular weight is 245 g/mol. The van der Waals surface area contributed by atoms with Gasteiger partial charge in [-0.3, -0.25) is 4.79 Å². The number of amides is 1. The number of para-hydroxylation sites is 1. The Hall–Kier alpha value is -1.33. The summed E-state index contributed by atoms with van der Waals surface area (Å²) in [6.07, 6.45) is 0. The highest BCUT2D eigenvalue weighted by molar-refractivity contribution is 6.62. The van der Waals surface area contributed by atoms with Crippen molar-refractivity contribution in [3.05, 3.63) is 29.3 Å². The number of hydrogen-bond acceptors (Lipinski definition) is 4. The maximum absolute atomic E-state index is 10.8. The second-order valence-corrected chi connectivity index (χ2v) is 3.55. The Morgan fingerprint density at radius 1 is 1.33 bits per heavy atom. The second-order valence-electron chi connectivity index (χ2n) is 2.82. The molecule has 0 spiro atoms. The van der Waals surface area contributed by atoms with Crippen LogP contribution >= 0.6 is 23.2 Å². The number of carbonyl (C=O) groups is 1. The van der Waals surface area contributed by atoms with Gasteiger partial charge in [0.25, 0.3) is 0 Å². The van der Waals surface area contributed by atoms with Gasteiger partial charge in [0.05, 0.1) is 10.7 Å². The molecule has 0 N–H and O–H groups in total. The van der Waals surface area contributed by atoms with Crippen molar-refractivity contribution in [3.8, 4) is 0 Å². The highest BCUT2D eigenvalue weighted by atomic mass is 35.5. The van der Waals surface area contributed by atoms with E-state index >= 15 is 0 Å². The van der Waals surface area contributed by atoms with Crippen LogP contribution in [0.15, 0.2) is 34.7 Å². The van der Waals surface area contributed by atoms with Crippen LogP contribution in [0, 0.1) is 0 Å². The van der Waals surface area contributed by atoms with E-state index < -0.39 is 5.37 Å². The molecule has 1 aromatic carbocycles. The molecule has 0 bridgehead atoms. The van der Waals surface area contributed by atoms with Gasteiger partial charge in [0.1, 0.15) is 6.67 Å². The minimum absolute atomic E-state index is 0.173. The molecule has 2 rings (SSSR count). The molecular weight excluding hydrogens is 239 g/mol. The number of benzene rings is 1. The molecule has 0 aliphatic carbocycles. The van der Waals surface area contributed by atoms with Gasteiger partial charge in [0, 0.05) is 0 Å². The minimum atomic E-state index is -0.673. The Kier molecular flexibility index (Phi) is 2.75. The van der Waals surface area contributed by atoms with Gasteiger partial charge in [0.15, 0.2) is 0 Å². The van der Waals surface area contributed by atoms with Gasteiger partial charge < -0.3 is 0 Å². The maximum Gasteiger partial charge on any atom is 0.339 e. The first kappa shape index (κ1) is 10.2. The minimum Gasteiger partial charge on any atom is -0.253 e. The van der Waals surface area contributed by atoms with E-state index in [2.05, 4.69) is 10.4 Å². The van der Waals surface area contributed by atoms with E-state index in [1.165, 1.54) is 5.01 Å².